The van der Waals surface area contributed by atoms with Crippen LogP contribution < -0.4 is 5.32 Å². The lowest BCUT2D eigenvalue weighted by Gasteiger charge is -2.45. The summed E-state index contributed by atoms with van der Waals surface area (Å²) in [6.07, 6.45) is 0. The fraction of sp³-hybridized carbons (Fsp3) is 0.647. The molecule has 1 saturated heterocycles. The van der Waals surface area contributed by atoms with Crippen LogP contribution in [0, 0.1) is 5.92 Å². The molecule has 1 aromatic carbocycles. The van der Waals surface area contributed by atoms with E-state index in [4.69, 9.17) is 4.74 Å². The van der Waals surface area contributed by atoms with Crippen molar-refractivity contribution in [2.45, 2.75) is 26.3 Å². The average molecular weight is 276 g/mol. The van der Waals surface area contributed by atoms with Gasteiger partial charge >= 0.3 is 0 Å². The van der Waals surface area contributed by atoms with E-state index in [2.05, 4.69) is 61.3 Å². The summed E-state index contributed by atoms with van der Waals surface area (Å²) in [6.45, 7) is 12.5. The molecule has 0 bridgehead atoms. The molecule has 1 atom stereocenters. The Hall–Kier alpha value is -0.900. The summed E-state index contributed by atoms with van der Waals surface area (Å²) in [7, 11) is 0. The summed E-state index contributed by atoms with van der Waals surface area (Å²) in [4.78, 5) is 2.55. The Morgan fingerprint density at radius 1 is 1.30 bits per heavy atom. The normalized spacial score (nSPS) is 24.2. The highest BCUT2D eigenvalue weighted by molar-refractivity contribution is 5.25. The van der Waals surface area contributed by atoms with E-state index in [0.717, 1.165) is 39.4 Å². The van der Waals surface area contributed by atoms with E-state index in [1.165, 1.54) is 5.56 Å². The van der Waals surface area contributed by atoms with Crippen molar-refractivity contribution in [3.63, 3.8) is 0 Å². The van der Waals surface area contributed by atoms with Crippen molar-refractivity contribution in [1.82, 2.24) is 10.2 Å². The van der Waals surface area contributed by atoms with Gasteiger partial charge in [0.25, 0.3) is 0 Å². The summed E-state index contributed by atoms with van der Waals surface area (Å²) >= 11 is 0. The van der Waals surface area contributed by atoms with Crippen LogP contribution in [0.1, 0.15) is 26.3 Å². The maximum atomic E-state index is 5.76. The van der Waals surface area contributed by atoms with Crippen LogP contribution in [-0.2, 0) is 10.3 Å². The number of benzene rings is 1. The minimum atomic E-state index is 0.0701. The lowest BCUT2D eigenvalue weighted by Crippen LogP contribution is -2.58. The zero-order chi connectivity index (χ0) is 14.4. The third-order valence-electron chi connectivity index (χ3n) is 4.08. The predicted molar refractivity (Wildman–Crippen MR) is 83.9 cm³/mol. The van der Waals surface area contributed by atoms with Gasteiger partial charge in [-0.1, -0.05) is 44.2 Å². The molecule has 1 fully saturated rings. The van der Waals surface area contributed by atoms with E-state index in [1.807, 2.05) is 0 Å². The highest BCUT2D eigenvalue weighted by Crippen LogP contribution is 2.29. The summed E-state index contributed by atoms with van der Waals surface area (Å²) in [5, 5.41) is 3.53. The number of nitrogens with zero attached hydrogens (tertiary/aromatic N) is 1. The monoisotopic (exact) mass is 276 g/mol. The van der Waals surface area contributed by atoms with Gasteiger partial charge in [0.1, 0.15) is 0 Å². The fourth-order valence-corrected chi connectivity index (χ4v) is 2.84. The molecular weight excluding hydrogens is 248 g/mol. The first-order chi connectivity index (χ1) is 9.63. The van der Waals surface area contributed by atoms with Crippen molar-refractivity contribution >= 4 is 0 Å². The van der Waals surface area contributed by atoms with Crippen molar-refractivity contribution in [3.05, 3.63) is 35.9 Å². The van der Waals surface area contributed by atoms with Crippen LogP contribution in [-0.4, -0.2) is 44.3 Å². The highest BCUT2D eigenvalue weighted by atomic mass is 16.5. The lowest BCUT2D eigenvalue weighted by molar-refractivity contribution is 0.0257. The second kappa shape index (κ2) is 7.21. The van der Waals surface area contributed by atoms with Gasteiger partial charge in [-0.25, -0.2) is 0 Å². The molecule has 2 rings (SSSR count). The number of nitrogens with one attached hydrogen (secondary N) is 1. The van der Waals surface area contributed by atoms with Crippen LogP contribution in [0.15, 0.2) is 30.3 Å². The Morgan fingerprint density at radius 3 is 2.75 bits per heavy atom. The van der Waals surface area contributed by atoms with E-state index in [9.17, 15) is 0 Å². The van der Waals surface area contributed by atoms with E-state index >= 15 is 0 Å². The molecule has 0 aliphatic carbocycles. The molecule has 1 aliphatic heterocycles. The maximum Gasteiger partial charge on any atom is 0.0593 e. The molecule has 1 unspecified atom stereocenters. The Balaban J connectivity index is 1.98. The minimum Gasteiger partial charge on any atom is -0.380 e. The summed E-state index contributed by atoms with van der Waals surface area (Å²) < 4.78 is 5.76. The Kier molecular flexibility index (Phi) is 5.58. The van der Waals surface area contributed by atoms with Crippen LogP contribution in [0.25, 0.3) is 0 Å². The van der Waals surface area contributed by atoms with Gasteiger partial charge in [0.2, 0.25) is 0 Å². The zero-order valence-corrected chi connectivity index (χ0v) is 13.1. The number of rotatable bonds is 6. The third-order valence-corrected chi connectivity index (χ3v) is 4.08. The minimum absolute atomic E-state index is 0.0701. The van der Waals surface area contributed by atoms with Crippen LogP contribution in [0.3, 0.4) is 0 Å². The first-order valence-corrected chi connectivity index (χ1v) is 7.72. The van der Waals surface area contributed by atoms with Crippen LogP contribution >= 0.6 is 0 Å². The SMILES string of the molecule is CC(C)COCCN1CCNCC1(C)c1ccccc1. The highest BCUT2D eigenvalue weighted by Gasteiger charge is 2.35. The first kappa shape index (κ1) is 15.5. The molecule has 1 aliphatic rings. The van der Waals surface area contributed by atoms with Gasteiger partial charge in [0, 0.05) is 32.8 Å². The molecule has 0 radical (unpaired) electrons. The molecule has 20 heavy (non-hydrogen) atoms. The van der Waals surface area contributed by atoms with Crippen LogP contribution in [0.2, 0.25) is 0 Å². The van der Waals surface area contributed by atoms with Crippen molar-refractivity contribution < 1.29 is 4.74 Å². The second-order valence-electron chi connectivity index (χ2n) is 6.27. The van der Waals surface area contributed by atoms with Crippen molar-refractivity contribution in [2.24, 2.45) is 5.92 Å². The molecule has 3 heteroatoms. The van der Waals surface area contributed by atoms with Gasteiger partial charge < -0.3 is 10.1 Å². The summed E-state index contributed by atoms with van der Waals surface area (Å²) in [5.41, 5.74) is 1.46. The molecule has 1 aromatic rings. The van der Waals surface area contributed by atoms with Gasteiger partial charge in [0.15, 0.2) is 0 Å². The molecule has 1 heterocycles. The van der Waals surface area contributed by atoms with E-state index < -0.39 is 0 Å². The quantitative estimate of drug-likeness (QED) is 0.808. The zero-order valence-electron chi connectivity index (χ0n) is 13.1. The molecule has 0 aromatic heterocycles. The van der Waals surface area contributed by atoms with Gasteiger partial charge in [-0.15, -0.1) is 0 Å². The van der Waals surface area contributed by atoms with Gasteiger partial charge in [-0.05, 0) is 18.4 Å². The fourth-order valence-electron chi connectivity index (χ4n) is 2.84. The smallest absolute Gasteiger partial charge is 0.0593 e. The van der Waals surface area contributed by atoms with E-state index in [-0.39, 0.29) is 5.54 Å². The Labute approximate surface area is 123 Å². The number of hydrogen-bond acceptors (Lipinski definition) is 3. The molecule has 0 amide bonds. The molecular formula is C17H28N2O. The summed E-state index contributed by atoms with van der Waals surface area (Å²) in [6, 6.07) is 10.8. The number of piperazine rings is 1. The van der Waals surface area contributed by atoms with E-state index in [1.54, 1.807) is 0 Å². The molecule has 0 saturated carbocycles. The Bertz CT molecular complexity index is 393. The number of ether oxygens (including phenoxy) is 1. The topological polar surface area (TPSA) is 24.5 Å². The lowest BCUT2D eigenvalue weighted by atomic mass is 9.88. The maximum absolute atomic E-state index is 5.76. The van der Waals surface area contributed by atoms with Crippen molar-refractivity contribution in [3.8, 4) is 0 Å². The van der Waals surface area contributed by atoms with Gasteiger partial charge in [-0.2, -0.15) is 0 Å². The molecule has 0 spiro atoms. The molecule has 3 nitrogen and oxygen atoms in total. The van der Waals surface area contributed by atoms with E-state index in [0.29, 0.717) is 5.92 Å². The van der Waals surface area contributed by atoms with Crippen molar-refractivity contribution in [1.29, 1.82) is 0 Å². The molecule has 1 N–H and O–H groups in total. The third kappa shape index (κ3) is 3.81. The van der Waals surface area contributed by atoms with Gasteiger partial charge in [-0.3, -0.25) is 4.90 Å². The predicted octanol–water partition coefficient (Wildman–Crippen LogP) is 2.48. The second-order valence-corrected chi connectivity index (χ2v) is 6.27. The Morgan fingerprint density at radius 2 is 2.05 bits per heavy atom. The first-order valence-electron chi connectivity index (χ1n) is 7.72. The van der Waals surface area contributed by atoms with Gasteiger partial charge in [0.05, 0.1) is 12.1 Å². The van der Waals surface area contributed by atoms with Crippen molar-refractivity contribution in [2.75, 3.05) is 39.4 Å². The standard InChI is InChI=1S/C17H28N2O/c1-15(2)13-20-12-11-19-10-9-18-14-17(19,3)16-7-5-4-6-8-16/h4-8,15,18H,9-14H2,1-3H3. The van der Waals surface area contributed by atoms with Crippen LogP contribution in [0.5, 0.6) is 0 Å². The van der Waals surface area contributed by atoms with Crippen LogP contribution in [0.4, 0.5) is 0 Å². The molecule has 112 valence electrons. The summed E-state index contributed by atoms with van der Waals surface area (Å²) in [5.74, 6) is 0.610. The average Bonchev–Trinajstić information content (AvgIpc) is 2.46. The largest absolute Gasteiger partial charge is 0.380 e. The number of hydrogen-bond donors (Lipinski definition) is 1.